The van der Waals surface area contributed by atoms with Gasteiger partial charge in [0.15, 0.2) is 0 Å². The van der Waals surface area contributed by atoms with Crippen molar-refractivity contribution in [2.24, 2.45) is 0 Å². The summed E-state index contributed by atoms with van der Waals surface area (Å²) in [7, 11) is 0. The van der Waals surface area contributed by atoms with Crippen molar-refractivity contribution < 1.29 is 9.47 Å². The summed E-state index contributed by atoms with van der Waals surface area (Å²) in [5.41, 5.74) is 0.703. The molecular formula is C12H11Cl2N3O2. The van der Waals surface area contributed by atoms with Crippen molar-refractivity contribution >= 4 is 23.2 Å². The van der Waals surface area contributed by atoms with E-state index in [0.29, 0.717) is 35.4 Å². The van der Waals surface area contributed by atoms with E-state index in [1.54, 1.807) is 29.2 Å². The molecular weight excluding hydrogens is 289 g/mol. The van der Waals surface area contributed by atoms with E-state index in [0.717, 1.165) is 0 Å². The van der Waals surface area contributed by atoms with Gasteiger partial charge in [-0.2, -0.15) is 5.10 Å². The van der Waals surface area contributed by atoms with Gasteiger partial charge >= 0.3 is 0 Å². The number of ether oxygens (including phenoxy) is 2. The van der Waals surface area contributed by atoms with E-state index < -0.39 is 5.79 Å². The second-order valence-electron chi connectivity index (χ2n) is 4.17. The molecule has 0 amide bonds. The summed E-state index contributed by atoms with van der Waals surface area (Å²) in [5.74, 6) is -0.963. The first-order valence-electron chi connectivity index (χ1n) is 5.75. The molecule has 1 aromatic carbocycles. The number of aromatic nitrogens is 3. The van der Waals surface area contributed by atoms with Crippen molar-refractivity contribution in [1.82, 2.24) is 14.8 Å². The maximum atomic E-state index is 6.24. The molecule has 1 fully saturated rings. The van der Waals surface area contributed by atoms with Gasteiger partial charge in [-0.3, -0.25) is 0 Å². The first kappa shape index (κ1) is 12.9. The predicted molar refractivity (Wildman–Crippen MR) is 70.1 cm³/mol. The van der Waals surface area contributed by atoms with Crippen molar-refractivity contribution in [2.45, 2.75) is 12.3 Å². The van der Waals surface area contributed by atoms with Gasteiger partial charge in [0.25, 0.3) is 0 Å². The molecule has 0 saturated carbocycles. The number of hydrogen-bond acceptors (Lipinski definition) is 4. The third kappa shape index (κ3) is 2.47. The lowest BCUT2D eigenvalue weighted by Gasteiger charge is -2.28. The number of nitrogens with zero attached hydrogens (tertiary/aromatic N) is 3. The summed E-state index contributed by atoms with van der Waals surface area (Å²) in [6, 6.07) is 5.21. The third-order valence-corrected chi connectivity index (χ3v) is 3.49. The largest absolute Gasteiger partial charge is 0.342 e. The van der Waals surface area contributed by atoms with Gasteiger partial charge in [-0.15, -0.1) is 0 Å². The lowest BCUT2D eigenvalue weighted by Crippen LogP contribution is -2.33. The molecule has 1 aliphatic rings. The van der Waals surface area contributed by atoms with Crippen LogP contribution in [0.3, 0.4) is 0 Å². The van der Waals surface area contributed by atoms with Gasteiger partial charge in [-0.1, -0.05) is 23.2 Å². The summed E-state index contributed by atoms with van der Waals surface area (Å²) in [4.78, 5) is 3.91. The second-order valence-corrected chi connectivity index (χ2v) is 5.01. The molecule has 0 unspecified atom stereocenters. The molecule has 0 N–H and O–H groups in total. The number of hydrogen-bond donors (Lipinski definition) is 0. The SMILES string of the molecule is Clc1ccc(Cl)c(C2(Cn3cncn3)OCCO2)c1. The Bertz CT molecular complexity index is 568. The van der Waals surface area contributed by atoms with Gasteiger partial charge in [0.05, 0.1) is 13.2 Å². The molecule has 1 aromatic heterocycles. The minimum absolute atomic E-state index is 0.368. The highest BCUT2D eigenvalue weighted by Gasteiger charge is 2.41. The molecule has 0 spiro atoms. The van der Waals surface area contributed by atoms with Crippen LogP contribution in [0.1, 0.15) is 5.56 Å². The molecule has 2 heterocycles. The zero-order chi connectivity index (χ0) is 13.3. The van der Waals surface area contributed by atoms with Crippen LogP contribution in [-0.2, 0) is 21.8 Å². The Labute approximate surface area is 120 Å². The maximum Gasteiger partial charge on any atom is 0.216 e. The van der Waals surface area contributed by atoms with Crippen LogP contribution in [0.4, 0.5) is 0 Å². The molecule has 100 valence electrons. The average Bonchev–Trinajstić information content (AvgIpc) is 3.05. The normalized spacial score (nSPS) is 17.8. The Morgan fingerprint density at radius 1 is 1.26 bits per heavy atom. The fourth-order valence-electron chi connectivity index (χ4n) is 2.10. The lowest BCUT2D eigenvalue weighted by atomic mass is 10.1. The van der Waals surface area contributed by atoms with Gasteiger partial charge in [0.2, 0.25) is 5.79 Å². The Balaban J connectivity index is 2.02. The summed E-state index contributed by atoms with van der Waals surface area (Å²) in [6.45, 7) is 1.36. The minimum atomic E-state index is -0.963. The zero-order valence-electron chi connectivity index (χ0n) is 9.92. The van der Waals surface area contributed by atoms with Crippen molar-refractivity contribution in [3.63, 3.8) is 0 Å². The van der Waals surface area contributed by atoms with Crippen LogP contribution in [0.5, 0.6) is 0 Å². The van der Waals surface area contributed by atoms with E-state index >= 15 is 0 Å². The first-order chi connectivity index (χ1) is 9.20. The van der Waals surface area contributed by atoms with Gasteiger partial charge in [-0.25, -0.2) is 9.67 Å². The van der Waals surface area contributed by atoms with Crippen molar-refractivity contribution in [3.05, 3.63) is 46.5 Å². The molecule has 1 aliphatic heterocycles. The van der Waals surface area contributed by atoms with Crippen LogP contribution in [0, 0.1) is 0 Å². The van der Waals surface area contributed by atoms with Crippen LogP contribution >= 0.6 is 23.2 Å². The van der Waals surface area contributed by atoms with Crippen LogP contribution in [0.25, 0.3) is 0 Å². The zero-order valence-corrected chi connectivity index (χ0v) is 11.4. The average molecular weight is 300 g/mol. The Morgan fingerprint density at radius 2 is 2.05 bits per heavy atom. The number of benzene rings is 1. The van der Waals surface area contributed by atoms with Crippen LogP contribution < -0.4 is 0 Å². The van der Waals surface area contributed by atoms with E-state index in [1.807, 2.05) is 0 Å². The van der Waals surface area contributed by atoms with Crippen LogP contribution in [-0.4, -0.2) is 28.0 Å². The standard InChI is InChI=1S/C12H11Cl2N3O2/c13-9-1-2-11(14)10(5-9)12(18-3-4-19-12)6-17-8-15-7-16-17/h1-2,5,7-8H,3-4,6H2. The quantitative estimate of drug-likeness (QED) is 0.874. The second kappa shape index (κ2) is 5.09. The Hall–Kier alpha value is -1.14. The van der Waals surface area contributed by atoms with E-state index in [9.17, 15) is 0 Å². The summed E-state index contributed by atoms with van der Waals surface area (Å²) in [5, 5.41) is 5.20. The summed E-state index contributed by atoms with van der Waals surface area (Å²) in [6.07, 6.45) is 3.06. The molecule has 0 aliphatic carbocycles. The molecule has 19 heavy (non-hydrogen) atoms. The summed E-state index contributed by atoms with van der Waals surface area (Å²) >= 11 is 12.3. The fraction of sp³-hybridized carbons (Fsp3) is 0.333. The predicted octanol–water partition coefficient (Wildman–Crippen LogP) is 2.48. The molecule has 3 rings (SSSR count). The summed E-state index contributed by atoms with van der Waals surface area (Å²) < 4.78 is 13.2. The van der Waals surface area contributed by atoms with Gasteiger partial charge in [0.1, 0.15) is 19.2 Å². The fourth-order valence-corrected chi connectivity index (χ4v) is 2.54. The highest BCUT2D eigenvalue weighted by molar-refractivity contribution is 6.33. The van der Waals surface area contributed by atoms with Gasteiger partial charge < -0.3 is 9.47 Å². The van der Waals surface area contributed by atoms with Crippen molar-refractivity contribution in [3.8, 4) is 0 Å². The van der Waals surface area contributed by atoms with Gasteiger partial charge in [0, 0.05) is 15.6 Å². The maximum absolute atomic E-state index is 6.24. The molecule has 7 heteroatoms. The smallest absolute Gasteiger partial charge is 0.216 e. The first-order valence-corrected chi connectivity index (χ1v) is 6.51. The van der Waals surface area contributed by atoms with E-state index in [1.165, 1.54) is 6.33 Å². The molecule has 1 saturated heterocycles. The number of halogens is 2. The van der Waals surface area contributed by atoms with Crippen molar-refractivity contribution in [2.75, 3.05) is 13.2 Å². The highest BCUT2D eigenvalue weighted by Crippen LogP contribution is 2.38. The Morgan fingerprint density at radius 3 is 2.74 bits per heavy atom. The molecule has 0 radical (unpaired) electrons. The molecule has 0 atom stereocenters. The monoisotopic (exact) mass is 299 g/mol. The van der Waals surface area contributed by atoms with E-state index in [4.69, 9.17) is 32.7 Å². The van der Waals surface area contributed by atoms with Crippen molar-refractivity contribution in [1.29, 1.82) is 0 Å². The molecule has 5 nitrogen and oxygen atoms in total. The minimum Gasteiger partial charge on any atom is -0.342 e. The molecule has 2 aromatic rings. The van der Waals surface area contributed by atoms with Crippen LogP contribution in [0.2, 0.25) is 10.0 Å². The lowest BCUT2D eigenvalue weighted by molar-refractivity contribution is -0.177. The van der Waals surface area contributed by atoms with E-state index in [2.05, 4.69) is 10.1 Å². The third-order valence-electron chi connectivity index (χ3n) is 2.93. The number of rotatable bonds is 3. The molecule has 0 bridgehead atoms. The van der Waals surface area contributed by atoms with Crippen LogP contribution in [0.15, 0.2) is 30.9 Å². The highest BCUT2D eigenvalue weighted by atomic mass is 35.5. The van der Waals surface area contributed by atoms with Gasteiger partial charge in [-0.05, 0) is 18.2 Å². The van der Waals surface area contributed by atoms with E-state index in [-0.39, 0.29) is 0 Å². The topological polar surface area (TPSA) is 49.2 Å². The Kier molecular flexibility index (Phi) is 3.45.